The zero-order valence-electron chi connectivity index (χ0n) is 10.2. The summed E-state index contributed by atoms with van der Waals surface area (Å²) >= 11 is 0. The highest BCUT2D eigenvalue weighted by Crippen LogP contribution is 2.38. The first kappa shape index (κ1) is 11.5. The average Bonchev–Trinajstić information content (AvgIpc) is 2.70. The fraction of sp³-hybridized carbons (Fsp3) is 0.467. The van der Waals surface area contributed by atoms with E-state index < -0.39 is 6.10 Å². The molecule has 3 nitrogen and oxygen atoms in total. The van der Waals surface area contributed by atoms with Crippen LogP contribution in [0.1, 0.15) is 24.8 Å². The van der Waals surface area contributed by atoms with Crippen LogP contribution < -0.4 is 0 Å². The second-order valence-corrected chi connectivity index (χ2v) is 5.18. The third kappa shape index (κ3) is 1.94. The summed E-state index contributed by atoms with van der Waals surface area (Å²) in [5.74, 6) is -0.125. The molecule has 3 heteroatoms. The highest BCUT2D eigenvalue weighted by molar-refractivity contribution is 5.90. The van der Waals surface area contributed by atoms with Gasteiger partial charge in [0.1, 0.15) is 0 Å². The van der Waals surface area contributed by atoms with E-state index in [0.29, 0.717) is 12.8 Å². The summed E-state index contributed by atoms with van der Waals surface area (Å²) in [6.45, 7) is 0. The normalized spacial score (nSPS) is 31.0. The van der Waals surface area contributed by atoms with Gasteiger partial charge in [0.2, 0.25) is 0 Å². The zero-order valence-corrected chi connectivity index (χ0v) is 10.2. The number of hydrogen-bond acceptors (Lipinski definition) is 3. The Balaban J connectivity index is 1.79. The van der Waals surface area contributed by atoms with Crippen LogP contribution in [0.15, 0.2) is 30.3 Å². The van der Waals surface area contributed by atoms with Crippen molar-refractivity contribution < 1.29 is 14.3 Å². The first-order valence-electron chi connectivity index (χ1n) is 6.53. The molecule has 1 aromatic carbocycles. The molecule has 0 amide bonds. The molecule has 0 radical (unpaired) electrons. The number of benzene rings is 1. The van der Waals surface area contributed by atoms with Gasteiger partial charge in [0.25, 0.3) is 0 Å². The van der Waals surface area contributed by atoms with E-state index in [1.54, 1.807) is 0 Å². The maximum Gasteiger partial charge on any atom is 0.310 e. The van der Waals surface area contributed by atoms with Crippen molar-refractivity contribution in [3.05, 3.63) is 35.9 Å². The molecular weight excluding hydrogens is 228 g/mol. The summed E-state index contributed by atoms with van der Waals surface area (Å²) in [6.07, 6.45) is 2.61. The van der Waals surface area contributed by atoms with Gasteiger partial charge >= 0.3 is 5.97 Å². The first-order valence-corrected chi connectivity index (χ1v) is 6.53. The topological polar surface area (TPSA) is 43.4 Å². The lowest BCUT2D eigenvalue weighted by Gasteiger charge is -2.24. The van der Waals surface area contributed by atoms with Crippen molar-refractivity contribution >= 4 is 11.8 Å². The quantitative estimate of drug-likeness (QED) is 0.749. The standard InChI is InChI=1S/C15H16O3/c16-13-8-4-7-11-12(15(17)18-14(11)13)9-10-5-2-1-3-6-10/h1-3,5-6,11-12,14H,4,7-9H2. The van der Waals surface area contributed by atoms with Gasteiger partial charge < -0.3 is 4.74 Å². The SMILES string of the molecule is O=C1OC2C(=O)CCCC2C1Cc1ccccc1. The van der Waals surface area contributed by atoms with E-state index >= 15 is 0 Å². The molecule has 94 valence electrons. The Hall–Kier alpha value is -1.64. The van der Waals surface area contributed by atoms with Crippen LogP contribution in [0.3, 0.4) is 0 Å². The van der Waals surface area contributed by atoms with Crippen LogP contribution >= 0.6 is 0 Å². The summed E-state index contributed by atoms with van der Waals surface area (Å²) in [7, 11) is 0. The average molecular weight is 244 g/mol. The maximum absolute atomic E-state index is 11.9. The van der Waals surface area contributed by atoms with Gasteiger partial charge in [-0.2, -0.15) is 0 Å². The van der Waals surface area contributed by atoms with Crippen molar-refractivity contribution in [2.75, 3.05) is 0 Å². The summed E-state index contributed by atoms with van der Waals surface area (Å²) < 4.78 is 5.27. The number of ketones is 1. The van der Waals surface area contributed by atoms with Crippen molar-refractivity contribution in [1.29, 1.82) is 0 Å². The Morgan fingerprint density at radius 3 is 2.72 bits per heavy atom. The molecule has 3 atom stereocenters. The van der Waals surface area contributed by atoms with Gasteiger partial charge in [-0.05, 0) is 24.8 Å². The number of carbonyl (C=O) groups excluding carboxylic acids is 2. The monoisotopic (exact) mass is 244 g/mol. The molecule has 2 aliphatic rings. The number of carbonyl (C=O) groups is 2. The predicted octanol–water partition coefficient (Wildman–Crippen LogP) is 2.14. The highest BCUT2D eigenvalue weighted by Gasteiger charge is 2.48. The number of fused-ring (bicyclic) bond motifs is 1. The Bertz CT molecular complexity index is 466. The van der Waals surface area contributed by atoms with E-state index in [1.807, 2.05) is 30.3 Å². The summed E-state index contributed by atoms with van der Waals surface area (Å²) in [5, 5.41) is 0. The van der Waals surface area contributed by atoms with Gasteiger partial charge in [-0.1, -0.05) is 30.3 Å². The van der Waals surface area contributed by atoms with E-state index in [-0.39, 0.29) is 23.6 Å². The zero-order chi connectivity index (χ0) is 12.5. The Morgan fingerprint density at radius 2 is 1.94 bits per heavy atom. The molecule has 2 fully saturated rings. The fourth-order valence-electron chi connectivity index (χ4n) is 3.10. The molecule has 3 unspecified atom stereocenters. The third-order valence-corrected chi connectivity index (χ3v) is 4.03. The molecule has 1 saturated carbocycles. The third-order valence-electron chi connectivity index (χ3n) is 4.03. The lowest BCUT2D eigenvalue weighted by molar-refractivity contribution is -0.149. The predicted molar refractivity (Wildman–Crippen MR) is 65.9 cm³/mol. The van der Waals surface area contributed by atoms with E-state index in [2.05, 4.69) is 0 Å². The van der Waals surface area contributed by atoms with Crippen molar-refractivity contribution in [2.45, 2.75) is 31.8 Å². The van der Waals surface area contributed by atoms with E-state index in [4.69, 9.17) is 4.74 Å². The largest absolute Gasteiger partial charge is 0.454 e. The highest BCUT2D eigenvalue weighted by atomic mass is 16.6. The van der Waals surface area contributed by atoms with E-state index in [9.17, 15) is 9.59 Å². The lowest BCUT2D eigenvalue weighted by atomic mass is 9.77. The Kier molecular flexibility index (Phi) is 2.90. The fourth-order valence-corrected chi connectivity index (χ4v) is 3.10. The lowest BCUT2D eigenvalue weighted by Crippen LogP contribution is -2.33. The number of ether oxygens (including phenoxy) is 1. The van der Waals surface area contributed by atoms with Gasteiger partial charge in [-0.3, -0.25) is 9.59 Å². The van der Waals surface area contributed by atoms with Gasteiger partial charge in [0.15, 0.2) is 11.9 Å². The molecule has 0 bridgehead atoms. The van der Waals surface area contributed by atoms with Gasteiger partial charge in [0.05, 0.1) is 5.92 Å². The van der Waals surface area contributed by atoms with Crippen LogP contribution in [0.5, 0.6) is 0 Å². The second-order valence-electron chi connectivity index (χ2n) is 5.18. The van der Waals surface area contributed by atoms with Gasteiger partial charge in [-0.15, -0.1) is 0 Å². The minimum absolute atomic E-state index is 0.0963. The second kappa shape index (κ2) is 4.56. The van der Waals surface area contributed by atoms with Crippen LogP contribution in [0.4, 0.5) is 0 Å². The minimum Gasteiger partial charge on any atom is -0.454 e. The molecule has 18 heavy (non-hydrogen) atoms. The van der Waals surface area contributed by atoms with Crippen LogP contribution in [-0.2, 0) is 20.7 Å². The number of esters is 1. The van der Waals surface area contributed by atoms with E-state index in [0.717, 1.165) is 18.4 Å². The summed E-state index contributed by atoms with van der Waals surface area (Å²) in [5.41, 5.74) is 1.14. The smallest absolute Gasteiger partial charge is 0.310 e. The maximum atomic E-state index is 11.9. The van der Waals surface area contributed by atoms with Crippen molar-refractivity contribution in [3.8, 4) is 0 Å². The molecule has 1 aliphatic heterocycles. The summed E-state index contributed by atoms with van der Waals surface area (Å²) in [6, 6.07) is 9.94. The van der Waals surface area contributed by atoms with Crippen molar-refractivity contribution in [2.24, 2.45) is 11.8 Å². The molecule has 1 heterocycles. The molecule has 0 N–H and O–H groups in total. The molecule has 3 rings (SSSR count). The molecule has 1 aliphatic carbocycles. The number of Topliss-reactive ketones (excluding diaryl/α,β-unsaturated/α-hetero) is 1. The van der Waals surface area contributed by atoms with Crippen molar-refractivity contribution in [1.82, 2.24) is 0 Å². The van der Waals surface area contributed by atoms with Crippen LogP contribution in [0.25, 0.3) is 0 Å². The Morgan fingerprint density at radius 1 is 1.17 bits per heavy atom. The van der Waals surface area contributed by atoms with Crippen LogP contribution in [0.2, 0.25) is 0 Å². The van der Waals surface area contributed by atoms with Crippen LogP contribution in [0, 0.1) is 11.8 Å². The first-order chi connectivity index (χ1) is 8.75. The molecule has 1 saturated heterocycles. The molecule has 1 aromatic rings. The van der Waals surface area contributed by atoms with Gasteiger partial charge in [0, 0.05) is 12.3 Å². The van der Waals surface area contributed by atoms with Gasteiger partial charge in [-0.25, -0.2) is 0 Å². The number of hydrogen-bond donors (Lipinski definition) is 0. The van der Waals surface area contributed by atoms with Crippen LogP contribution in [-0.4, -0.2) is 17.9 Å². The minimum atomic E-state index is -0.458. The summed E-state index contributed by atoms with van der Waals surface area (Å²) in [4.78, 5) is 23.7. The molecule has 0 aromatic heterocycles. The molecular formula is C15H16O3. The number of rotatable bonds is 2. The molecule has 0 spiro atoms. The van der Waals surface area contributed by atoms with E-state index in [1.165, 1.54) is 0 Å². The Labute approximate surface area is 106 Å². The van der Waals surface area contributed by atoms with Crippen molar-refractivity contribution in [3.63, 3.8) is 0 Å².